The number of hydrogen-bond acceptors (Lipinski definition) is 4. The number of aryl methyl sites for hydroxylation is 2. The Kier molecular flexibility index (Phi) is 4.45. The van der Waals surface area contributed by atoms with Gasteiger partial charge in [-0.05, 0) is 37.3 Å². The smallest absolute Gasteiger partial charge is 0.308 e. The second-order valence-corrected chi connectivity index (χ2v) is 5.66. The molecule has 1 aromatic rings. The van der Waals surface area contributed by atoms with Crippen LogP contribution >= 0.6 is 0 Å². The van der Waals surface area contributed by atoms with Gasteiger partial charge in [-0.2, -0.15) is 0 Å². The molecule has 0 fully saturated rings. The van der Waals surface area contributed by atoms with E-state index >= 15 is 0 Å². The minimum absolute atomic E-state index is 0.279. The lowest BCUT2D eigenvalue weighted by Gasteiger charge is -2.25. The van der Waals surface area contributed by atoms with E-state index in [0.29, 0.717) is 11.4 Å². The standard InChI is InChI=1S/C15H21N3O3/c1-9(15(20)21)8-18(2)14-11(13(16)19)7-10-5-3-4-6-12(10)17-14/h7,9H,3-6,8H2,1-2H3,(H2,16,19)(H,20,21). The van der Waals surface area contributed by atoms with Crippen molar-refractivity contribution in [2.75, 3.05) is 18.5 Å². The normalized spacial score (nSPS) is 15.1. The van der Waals surface area contributed by atoms with Gasteiger partial charge < -0.3 is 15.7 Å². The SMILES string of the molecule is CC(CN(C)c1nc2c(cc1C(N)=O)CCCC2)C(=O)O. The van der Waals surface area contributed by atoms with Crippen LogP contribution < -0.4 is 10.6 Å². The summed E-state index contributed by atoms with van der Waals surface area (Å²) in [6.07, 6.45) is 3.99. The molecule has 1 aliphatic rings. The topological polar surface area (TPSA) is 96.5 Å². The van der Waals surface area contributed by atoms with Crippen LogP contribution in [0.3, 0.4) is 0 Å². The van der Waals surface area contributed by atoms with Gasteiger partial charge in [-0.15, -0.1) is 0 Å². The lowest BCUT2D eigenvalue weighted by Crippen LogP contribution is -2.31. The zero-order chi connectivity index (χ0) is 15.6. The van der Waals surface area contributed by atoms with E-state index in [-0.39, 0.29) is 6.54 Å². The fraction of sp³-hybridized carbons (Fsp3) is 0.533. The number of fused-ring (bicyclic) bond motifs is 1. The average Bonchev–Trinajstić information content (AvgIpc) is 2.45. The van der Waals surface area contributed by atoms with Gasteiger partial charge in [0.2, 0.25) is 0 Å². The number of rotatable bonds is 5. The van der Waals surface area contributed by atoms with Gasteiger partial charge in [0, 0.05) is 19.3 Å². The molecule has 2 rings (SSSR count). The Bertz CT molecular complexity index is 572. The van der Waals surface area contributed by atoms with Gasteiger partial charge in [-0.25, -0.2) is 4.98 Å². The highest BCUT2D eigenvalue weighted by atomic mass is 16.4. The van der Waals surface area contributed by atoms with Crippen LogP contribution in [0.5, 0.6) is 0 Å². The number of aromatic nitrogens is 1. The summed E-state index contributed by atoms with van der Waals surface area (Å²) in [6, 6.07) is 1.82. The van der Waals surface area contributed by atoms with Gasteiger partial charge >= 0.3 is 5.97 Å². The molecule has 0 spiro atoms. The molecule has 1 atom stereocenters. The summed E-state index contributed by atoms with van der Waals surface area (Å²) in [6.45, 7) is 1.91. The maximum absolute atomic E-state index is 11.7. The van der Waals surface area contributed by atoms with Crippen LogP contribution in [0.1, 0.15) is 41.4 Å². The lowest BCUT2D eigenvalue weighted by atomic mass is 9.94. The Morgan fingerprint density at radius 2 is 2.10 bits per heavy atom. The number of carboxylic acid groups (broad SMARTS) is 1. The number of aliphatic carboxylic acids is 1. The molecule has 6 heteroatoms. The number of anilines is 1. The highest BCUT2D eigenvalue weighted by Gasteiger charge is 2.22. The van der Waals surface area contributed by atoms with E-state index in [1.54, 1.807) is 18.9 Å². The van der Waals surface area contributed by atoms with Gasteiger partial charge in [-0.1, -0.05) is 6.92 Å². The Labute approximate surface area is 124 Å². The number of primary amides is 1. The number of amides is 1. The van der Waals surface area contributed by atoms with E-state index in [0.717, 1.165) is 36.9 Å². The molecule has 114 valence electrons. The van der Waals surface area contributed by atoms with Crippen molar-refractivity contribution in [3.8, 4) is 0 Å². The van der Waals surface area contributed by atoms with Crippen molar-refractivity contribution in [2.45, 2.75) is 32.6 Å². The summed E-state index contributed by atoms with van der Waals surface area (Å²) in [5.74, 6) is -1.47. The second kappa shape index (κ2) is 6.11. The van der Waals surface area contributed by atoms with Gasteiger partial charge in [0.25, 0.3) is 5.91 Å². The molecular formula is C15H21N3O3. The molecule has 0 aromatic carbocycles. The summed E-state index contributed by atoms with van der Waals surface area (Å²) in [5.41, 5.74) is 7.90. The van der Waals surface area contributed by atoms with E-state index in [1.807, 2.05) is 6.07 Å². The molecule has 1 heterocycles. The summed E-state index contributed by atoms with van der Waals surface area (Å²) >= 11 is 0. The molecule has 0 bridgehead atoms. The Morgan fingerprint density at radius 1 is 1.43 bits per heavy atom. The van der Waals surface area contributed by atoms with Gasteiger partial charge in [-0.3, -0.25) is 9.59 Å². The van der Waals surface area contributed by atoms with Crippen molar-refractivity contribution in [3.05, 3.63) is 22.9 Å². The largest absolute Gasteiger partial charge is 0.481 e. The van der Waals surface area contributed by atoms with Crippen molar-refractivity contribution < 1.29 is 14.7 Å². The maximum atomic E-state index is 11.7. The van der Waals surface area contributed by atoms with Gasteiger partial charge in [0.1, 0.15) is 5.82 Å². The molecule has 1 amide bonds. The third kappa shape index (κ3) is 3.32. The molecule has 1 aliphatic carbocycles. The van der Waals surface area contributed by atoms with Gasteiger partial charge in [0.15, 0.2) is 0 Å². The van der Waals surface area contributed by atoms with Crippen LogP contribution in [0.2, 0.25) is 0 Å². The summed E-state index contributed by atoms with van der Waals surface area (Å²) in [5, 5.41) is 9.01. The first-order valence-corrected chi connectivity index (χ1v) is 7.16. The number of nitrogens with zero attached hydrogens (tertiary/aromatic N) is 2. The number of hydrogen-bond donors (Lipinski definition) is 2. The van der Waals surface area contributed by atoms with Crippen LogP contribution in [0.25, 0.3) is 0 Å². The predicted molar refractivity (Wildman–Crippen MR) is 79.5 cm³/mol. The quantitative estimate of drug-likeness (QED) is 0.850. The van der Waals surface area contributed by atoms with Crippen LogP contribution in [-0.2, 0) is 17.6 Å². The summed E-state index contributed by atoms with van der Waals surface area (Å²) < 4.78 is 0. The number of pyridine rings is 1. The number of nitrogens with two attached hydrogens (primary N) is 1. The first kappa shape index (κ1) is 15.3. The van der Waals surface area contributed by atoms with Crippen LogP contribution in [0.4, 0.5) is 5.82 Å². The predicted octanol–water partition coefficient (Wildman–Crippen LogP) is 1.22. The highest BCUT2D eigenvalue weighted by molar-refractivity contribution is 5.98. The molecule has 0 aliphatic heterocycles. The first-order chi connectivity index (χ1) is 9.90. The molecule has 0 saturated carbocycles. The molecule has 0 saturated heterocycles. The minimum atomic E-state index is -0.875. The van der Waals surface area contributed by atoms with Gasteiger partial charge in [0.05, 0.1) is 11.5 Å². The third-order valence-corrected chi connectivity index (χ3v) is 3.88. The zero-order valence-corrected chi connectivity index (χ0v) is 12.4. The molecule has 1 aromatic heterocycles. The fourth-order valence-electron chi connectivity index (χ4n) is 2.67. The van der Waals surface area contributed by atoms with Crippen molar-refractivity contribution >= 4 is 17.7 Å². The highest BCUT2D eigenvalue weighted by Crippen LogP contribution is 2.26. The van der Waals surface area contributed by atoms with E-state index < -0.39 is 17.8 Å². The Balaban J connectivity index is 2.36. The summed E-state index contributed by atoms with van der Waals surface area (Å²) in [7, 11) is 1.74. The first-order valence-electron chi connectivity index (χ1n) is 7.16. The molecular weight excluding hydrogens is 270 g/mol. The van der Waals surface area contributed by atoms with Crippen molar-refractivity contribution in [2.24, 2.45) is 11.7 Å². The second-order valence-electron chi connectivity index (χ2n) is 5.66. The van der Waals surface area contributed by atoms with Crippen LogP contribution in [0.15, 0.2) is 6.07 Å². The van der Waals surface area contributed by atoms with E-state index in [4.69, 9.17) is 10.8 Å². The number of carboxylic acids is 1. The average molecular weight is 291 g/mol. The molecule has 1 unspecified atom stereocenters. The van der Waals surface area contributed by atoms with Crippen molar-refractivity contribution in [1.82, 2.24) is 4.98 Å². The van der Waals surface area contributed by atoms with Crippen LogP contribution in [0, 0.1) is 5.92 Å². The molecule has 21 heavy (non-hydrogen) atoms. The maximum Gasteiger partial charge on any atom is 0.308 e. The molecule has 3 N–H and O–H groups in total. The fourth-order valence-corrected chi connectivity index (χ4v) is 2.67. The summed E-state index contributed by atoms with van der Waals surface area (Å²) in [4.78, 5) is 28.9. The number of carbonyl (C=O) groups excluding carboxylic acids is 1. The van der Waals surface area contributed by atoms with E-state index in [1.165, 1.54) is 0 Å². The Morgan fingerprint density at radius 3 is 2.71 bits per heavy atom. The minimum Gasteiger partial charge on any atom is -0.481 e. The lowest BCUT2D eigenvalue weighted by molar-refractivity contribution is -0.140. The number of carbonyl (C=O) groups is 2. The Hall–Kier alpha value is -2.11. The van der Waals surface area contributed by atoms with Crippen molar-refractivity contribution in [3.63, 3.8) is 0 Å². The molecule has 0 radical (unpaired) electrons. The zero-order valence-electron chi connectivity index (χ0n) is 12.4. The molecule has 6 nitrogen and oxygen atoms in total. The van der Waals surface area contributed by atoms with E-state index in [9.17, 15) is 9.59 Å². The van der Waals surface area contributed by atoms with Crippen LogP contribution in [-0.4, -0.2) is 35.6 Å². The monoisotopic (exact) mass is 291 g/mol. The third-order valence-electron chi connectivity index (χ3n) is 3.88. The van der Waals surface area contributed by atoms with Crippen molar-refractivity contribution in [1.29, 1.82) is 0 Å². The van der Waals surface area contributed by atoms with E-state index in [2.05, 4.69) is 4.98 Å².